The van der Waals surface area contributed by atoms with Gasteiger partial charge in [-0.2, -0.15) is 5.26 Å². The van der Waals surface area contributed by atoms with Gasteiger partial charge in [0.15, 0.2) is 0 Å². The van der Waals surface area contributed by atoms with E-state index in [1.807, 2.05) is 12.1 Å². The Morgan fingerprint density at radius 2 is 1.68 bits per heavy atom. The van der Waals surface area contributed by atoms with Gasteiger partial charge in [-0.15, -0.1) is 0 Å². The lowest BCUT2D eigenvalue weighted by Crippen LogP contribution is -2.14. The number of carbonyl (C=O) groups is 1. The second-order valence-electron chi connectivity index (χ2n) is 7.86. The predicted octanol–water partition coefficient (Wildman–Crippen LogP) is 6.63. The summed E-state index contributed by atoms with van der Waals surface area (Å²) in [5.41, 5.74) is 2.44. The summed E-state index contributed by atoms with van der Waals surface area (Å²) in [6.45, 7) is 2.26. The monoisotopic (exact) mass is 375 g/mol. The van der Waals surface area contributed by atoms with Crippen molar-refractivity contribution in [2.24, 2.45) is 5.92 Å². The highest BCUT2D eigenvalue weighted by Crippen LogP contribution is 2.37. The Hall–Kier alpha value is -2.60. The van der Waals surface area contributed by atoms with Crippen molar-refractivity contribution in [3.8, 4) is 11.8 Å². The first-order valence-electron chi connectivity index (χ1n) is 10.5. The van der Waals surface area contributed by atoms with Gasteiger partial charge in [-0.3, -0.25) is 0 Å². The van der Waals surface area contributed by atoms with E-state index in [1.165, 1.54) is 56.9 Å². The van der Waals surface area contributed by atoms with Crippen LogP contribution in [0.2, 0.25) is 0 Å². The Labute approximate surface area is 168 Å². The van der Waals surface area contributed by atoms with Crippen LogP contribution in [0.4, 0.5) is 0 Å². The molecule has 28 heavy (non-hydrogen) atoms. The molecule has 3 rings (SSSR count). The quantitative estimate of drug-likeness (QED) is 0.310. The average Bonchev–Trinajstić information content (AvgIpc) is 2.75. The van der Waals surface area contributed by atoms with Crippen molar-refractivity contribution in [3.63, 3.8) is 0 Å². The zero-order valence-electron chi connectivity index (χ0n) is 16.7. The Morgan fingerprint density at radius 3 is 2.29 bits per heavy atom. The van der Waals surface area contributed by atoms with Gasteiger partial charge in [-0.25, -0.2) is 4.79 Å². The van der Waals surface area contributed by atoms with Crippen LogP contribution in [0.5, 0.6) is 5.75 Å². The van der Waals surface area contributed by atoms with Crippen molar-refractivity contribution in [2.45, 2.75) is 64.2 Å². The van der Waals surface area contributed by atoms with E-state index in [1.54, 1.807) is 24.3 Å². The SMILES string of the molecule is CCCCCC1CCC(c2ccc(C(=O)Oc3ccc(C#N)cc3)cc2)CC1. The molecule has 146 valence electrons. The lowest BCUT2D eigenvalue weighted by Gasteiger charge is -2.29. The first kappa shape index (κ1) is 20.1. The number of esters is 1. The molecule has 0 amide bonds. The number of nitrogens with zero attached hydrogens (tertiary/aromatic N) is 1. The lowest BCUT2D eigenvalue weighted by molar-refractivity contribution is 0.0734. The van der Waals surface area contributed by atoms with E-state index in [0.29, 0.717) is 22.8 Å². The summed E-state index contributed by atoms with van der Waals surface area (Å²) in [6, 6.07) is 16.5. The van der Waals surface area contributed by atoms with Crippen LogP contribution < -0.4 is 4.74 Å². The zero-order chi connectivity index (χ0) is 19.8. The van der Waals surface area contributed by atoms with Gasteiger partial charge in [0.05, 0.1) is 17.2 Å². The van der Waals surface area contributed by atoms with Crippen LogP contribution in [0.25, 0.3) is 0 Å². The third kappa shape index (κ3) is 5.45. The standard InChI is InChI=1S/C25H29NO2/c1-2-3-4-5-19-6-10-21(11-7-19)22-12-14-23(15-13-22)25(27)28-24-16-8-20(18-26)9-17-24/h8-9,12-17,19,21H,2-7,10-11H2,1H3. The minimum atomic E-state index is -0.365. The van der Waals surface area contributed by atoms with Crippen LogP contribution in [-0.4, -0.2) is 5.97 Å². The van der Waals surface area contributed by atoms with Crippen molar-refractivity contribution in [2.75, 3.05) is 0 Å². The highest BCUT2D eigenvalue weighted by molar-refractivity contribution is 5.91. The molecule has 0 saturated heterocycles. The summed E-state index contributed by atoms with van der Waals surface area (Å²) in [5.74, 6) is 1.61. The van der Waals surface area contributed by atoms with Crippen molar-refractivity contribution < 1.29 is 9.53 Å². The molecule has 1 fully saturated rings. The topological polar surface area (TPSA) is 50.1 Å². The van der Waals surface area contributed by atoms with Gasteiger partial charge >= 0.3 is 5.97 Å². The van der Waals surface area contributed by atoms with Gasteiger partial charge in [0.1, 0.15) is 5.75 Å². The van der Waals surface area contributed by atoms with Crippen molar-refractivity contribution in [3.05, 3.63) is 65.2 Å². The maximum absolute atomic E-state index is 12.3. The van der Waals surface area contributed by atoms with Crippen LogP contribution in [-0.2, 0) is 0 Å². The van der Waals surface area contributed by atoms with Crippen LogP contribution in [0.3, 0.4) is 0 Å². The summed E-state index contributed by atoms with van der Waals surface area (Å²) >= 11 is 0. The highest BCUT2D eigenvalue weighted by Gasteiger charge is 2.22. The predicted molar refractivity (Wildman–Crippen MR) is 111 cm³/mol. The average molecular weight is 376 g/mol. The smallest absolute Gasteiger partial charge is 0.343 e. The third-order valence-electron chi connectivity index (χ3n) is 5.87. The van der Waals surface area contributed by atoms with Crippen molar-refractivity contribution in [1.82, 2.24) is 0 Å². The van der Waals surface area contributed by atoms with E-state index < -0.39 is 0 Å². The lowest BCUT2D eigenvalue weighted by atomic mass is 9.77. The van der Waals surface area contributed by atoms with E-state index in [0.717, 1.165) is 5.92 Å². The summed E-state index contributed by atoms with van der Waals surface area (Å²) in [7, 11) is 0. The molecule has 0 bridgehead atoms. The number of hydrogen-bond acceptors (Lipinski definition) is 3. The Kier molecular flexibility index (Phi) is 7.25. The van der Waals surface area contributed by atoms with E-state index in [4.69, 9.17) is 10.00 Å². The second-order valence-corrected chi connectivity index (χ2v) is 7.86. The van der Waals surface area contributed by atoms with Gasteiger partial charge < -0.3 is 4.74 Å². The molecule has 1 aliphatic carbocycles. The fraction of sp³-hybridized carbons (Fsp3) is 0.440. The number of benzene rings is 2. The minimum Gasteiger partial charge on any atom is -0.423 e. The highest BCUT2D eigenvalue weighted by atomic mass is 16.5. The summed E-state index contributed by atoms with van der Waals surface area (Å²) in [6.07, 6.45) is 10.6. The normalized spacial score (nSPS) is 19.0. The minimum absolute atomic E-state index is 0.365. The van der Waals surface area contributed by atoms with Crippen LogP contribution in [0, 0.1) is 17.2 Å². The van der Waals surface area contributed by atoms with E-state index in [2.05, 4.69) is 25.1 Å². The number of unbranched alkanes of at least 4 members (excludes halogenated alkanes) is 2. The summed E-state index contributed by atoms with van der Waals surface area (Å²) < 4.78 is 5.40. The van der Waals surface area contributed by atoms with E-state index in [-0.39, 0.29) is 5.97 Å². The molecule has 0 radical (unpaired) electrons. The maximum atomic E-state index is 12.3. The summed E-state index contributed by atoms with van der Waals surface area (Å²) in [5, 5.41) is 8.83. The number of rotatable bonds is 7. The molecule has 0 atom stereocenters. The van der Waals surface area contributed by atoms with Crippen LogP contribution in [0.1, 0.15) is 85.7 Å². The van der Waals surface area contributed by atoms with Gasteiger partial charge in [0, 0.05) is 0 Å². The molecule has 2 aromatic rings. The molecule has 3 heteroatoms. The summed E-state index contributed by atoms with van der Waals surface area (Å²) in [4.78, 5) is 12.3. The Balaban J connectivity index is 1.52. The Bertz CT molecular complexity index is 794. The zero-order valence-corrected chi connectivity index (χ0v) is 16.7. The van der Waals surface area contributed by atoms with Crippen LogP contribution >= 0.6 is 0 Å². The third-order valence-corrected chi connectivity index (χ3v) is 5.87. The molecule has 0 N–H and O–H groups in total. The Morgan fingerprint density at radius 1 is 1.00 bits per heavy atom. The van der Waals surface area contributed by atoms with E-state index >= 15 is 0 Å². The molecule has 0 spiro atoms. The molecule has 0 aliphatic heterocycles. The fourth-order valence-electron chi connectivity index (χ4n) is 4.12. The first-order valence-corrected chi connectivity index (χ1v) is 10.5. The molecular weight excluding hydrogens is 346 g/mol. The molecule has 0 unspecified atom stereocenters. The molecule has 0 heterocycles. The first-order chi connectivity index (χ1) is 13.7. The van der Waals surface area contributed by atoms with E-state index in [9.17, 15) is 4.79 Å². The molecule has 3 nitrogen and oxygen atoms in total. The number of carbonyl (C=O) groups excluding carboxylic acids is 1. The maximum Gasteiger partial charge on any atom is 0.343 e. The molecule has 2 aromatic carbocycles. The van der Waals surface area contributed by atoms with Crippen molar-refractivity contribution in [1.29, 1.82) is 5.26 Å². The largest absolute Gasteiger partial charge is 0.423 e. The van der Waals surface area contributed by atoms with Crippen molar-refractivity contribution >= 4 is 5.97 Å². The number of hydrogen-bond donors (Lipinski definition) is 0. The second kappa shape index (κ2) is 10.1. The van der Waals surface area contributed by atoms with Gasteiger partial charge in [-0.05, 0) is 79.5 Å². The number of nitriles is 1. The molecular formula is C25H29NO2. The molecule has 1 saturated carbocycles. The van der Waals surface area contributed by atoms with Gasteiger partial charge in [0.2, 0.25) is 0 Å². The van der Waals surface area contributed by atoms with Gasteiger partial charge in [-0.1, -0.05) is 44.7 Å². The van der Waals surface area contributed by atoms with Crippen LogP contribution in [0.15, 0.2) is 48.5 Å². The number of ether oxygens (including phenoxy) is 1. The van der Waals surface area contributed by atoms with Gasteiger partial charge in [0.25, 0.3) is 0 Å². The molecule has 0 aromatic heterocycles. The molecule has 1 aliphatic rings. The fourth-order valence-corrected chi connectivity index (χ4v) is 4.12.